The van der Waals surface area contributed by atoms with Gasteiger partial charge >= 0.3 is 6.03 Å². The van der Waals surface area contributed by atoms with Gasteiger partial charge < -0.3 is 20.0 Å². The van der Waals surface area contributed by atoms with Crippen LogP contribution < -0.4 is 10.2 Å². The zero-order chi connectivity index (χ0) is 20.3. The molecular weight excluding hydrogens is 372 g/mol. The summed E-state index contributed by atoms with van der Waals surface area (Å²) in [5.41, 5.74) is 2.24. The van der Waals surface area contributed by atoms with E-state index in [-0.39, 0.29) is 22.9 Å². The third-order valence-corrected chi connectivity index (χ3v) is 6.53. The van der Waals surface area contributed by atoms with E-state index >= 15 is 0 Å². The van der Waals surface area contributed by atoms with Gasteiger partial charge in [0.15, 0.2) is 0 Å². The molecule has 0 radical (unpaired) electrons. The number of amides is 3. The summed E-state index contributed by atoms with van der Waals surface area (Å²) in [5, 5.41) is 3.17. The molecular formula is C21H33N4O2S+. The quantitative estimate of drug-likeness (QED) is 0.793. The summed E-state index contributed by atoms with van der Waals surface area (Å²) >= 11 is 1.72. The van der Waals surface area contributed by atoms with E-state index in [1.54, 1.807) is 11.8 Å². The molecule has 2 aliphatic heterocycles. The van der Waals surface area contributed by atoms with Gasteiger partial charge in [0.25, 0.3) is 0 Å². The van der Waals surface area contributed by atoms with Crippen molar-refractivity contribution < 1.29 is 14.5 Å². The zero-order valence-electron chi connectivity index (χ0n) is 17.5. The Kier molecular flexibility index (Phi) is 6.55. The number of carbonyl (C=O) groups excluding carboxylic acids is 2. The third-order valence-electron chi connectivity index (χ3n) is 5.28. The Balaban J connectivity index is 1.49. The van der Waals surface area contributed by atoms with Crippen LogP contribution in [0.1, 0.15) is 37.3 Å². The number of quaternary nitrogens is 1. The molecule has 3 amide bonds. The molecule has 6 nitrogen and oxygen atoms in total. The Hall–Kier alpha value is -1.73. The van der Waals surface area contributed by atoms with Crippen molar-refractivity contribution >= 4 is 23.7 Å². The average molecular weight is 406 g/mol. The van der Waals surface area contributed by atoms with E-state index < -0.39 is 0 Å². The number of aryl methyl sites for hydroxylation is 1. The van der Waals surface area contributed by atoms with E-state index in [2.05, 4.69) is 36.5 Å². The minimum absolute atomic E-state index is 0.0251. The molecule has 0 aromatic heterocycles. The molecule has 2 saturated heterocycles. The Morgan fingerprint density at radius 2 is 1.86 bits per heavy atom. The Morgan fingerprint density at radius 1 is 1.21 bits per heavy atom. The van der Waals surface area contributed by atoms with Crippen LogP contribution in [-0.4, -0.2) is 72.3 Å². The summed E-state index contributed by atoms with van der Waals surface area (Å²) in [6.07, 6.45) is 0. The van der Waals surface area contributed by atoms with Gasteiger partial charge in [-0.25, -0.2) is 4.79 Å². The van der Waals surface area contributed by atoms with Gasteiger partial charge in [0.05, 0.1) is 45.0 Å². The molecule has 2 fully saturated rings. The van der Waals surface area contributed by atoms with Crippen LogP contribution in [0, 0.1) is 6.92 Å². The molecule has 0 bridgehead atoms. The first-order valence-corrected chi connectivity index (χ1v) is 11.2. The minimum Gasteiger partial charge on any atom is -0.333 e. The van der Waals surface area contributed by atoms with Crippen LogP contribution in [0.25, 0.3) is 0 Å². The highest BCUT2D eigenvalue weighted by atomic mass is 32.2. The number of benzene rings is 1. The SMILES string of the molecule is Cc1ccc([C@@H]2SCC(=O)N2CC[NH+]2CCN(C(=O)NC(C)(C)C)CC2)cc1. The molecule has 2 aliphatic rings. The molecule has 2 heterocycles. The van der Waals surface area contributed by atoms with Crippen molar-refractivity contribution in [2.45, 2.75) is 38.6 Å². The van der Waals surface area contributed by atoms with Gasteiger partial charge in [-0.2, -0.15) is 0 Å². The number of hydrogen-bond acceptors (Lipinski definition) is 3. The molecule has 0 saturated carbocycles. The van der Waals surface area contributed by atoms with Crippen LogP contribution in [0.5, 0.6) is 0 Å². The highest BCUT2D eigenvalue weighted by molar-refractivity contribution is 8.00. The van der Waals surface area contributed by atoms with Crippen molar-refractivity contribution in [2.24, 2.45) is 0 Å². The molecule has 7 heteroatoms. The Morgan fingerprint density at radius 3 is 2.46 bits per heavy atom. The maximum Gasteiger partial charge on any atom is 0.318 e. The fourth-order valence-corrected chi connectivity index (χ4v) is 4.88. The number of hydrogen-bond donors (Lipinski definition) is 2. The molecule has 0 aliphatic carbocycles. The van der Waals surface area contributed by atoms with Crippen LogP contribution in [0.4, 0.5) is 4.79 Å². The molecule has 1 aromatic rings. The summed E-state index contributed by atoms with van der Waals surface area (Å²) in [6.45, 7) is 13.2. The fraction of sp³-hybridized carbons (Fsp3) is 0.619. The second-order valence-electron chi connectivity index (χ2n) is 8.83. The van der Waals surface area contributed by atoms with Crippen LogP contribution in [0.15, 0.2) is 24.3 Å². The number of nitrogens with zero attached hydrogens (tertiary/aromatic N) is 2. The monoisotopic (exact) mass is 405 g/mol. The first kappa shape index (κ1) is 21.0. The first-order valence-electron chi connectivity index (χ1n) is 10.1. The minimum atomic E-state index is -0.208. The van der Waals surface area contributed by atoms with Crippen LogP contribution >= 0.6 is 11.8 Å². The molecule has 28 heavy (non-hydrogen) atoms. The molecule has 2 N–H and O–H groups in total. The van der Waals surface area contributed by atoms with Crippen LogP contribution in [0.2, 0.25) is 0 Å². The number of thioether (sulfide) groups is 1. The predicted molar refractivity (Wildman–Crippen MR) is 114 cm³/mol. The lowest BCUT2D eigenvalue weighted by Crippen LogP contribution is -3.15. The number of piperazine rings is 1. The summed E-state index contributed by atoms with van der Waals surface area (Å²) in [6, 6.07) is 8.53. The topological polar surface area (TPSA) is 57.1 Å². The first-order chi connectivity index (χ1) is 13.2. The van der Waals surface area contributed by atoms with E-state index in [9.17, 15) is 9.59 Å². The van der Waals surface area contributed by atoms with Crippen LogP contribution in [0.3, 0.4) is 0 Å². The summed E-state index contributed by atoms with van der Waals surface area (Å²) < 4.78 is 0. The van der Waals surface area contributed by atoms with Crippen molar-refractivity contribution in [1.82, 2.24) is 15.1 Å². The average Bonchev–Trinajstić information content (AvgIpc) is 3.00. The molecule has 3 rings (SSSR count). The van der Waals surface area contributed by atoms with E-state index in [1.165, 1.54) is 16.0 Å². The summed E-state index contributed by atoms with van der Waals surface area (Å²) in [4.78, 5) is 30.1. The van der Waals surface area contributed by atoms with Gasteiger partial charge in [0.2, 0.25) is 5.91 Å². The molecule has 0 unspecified atom stereocenters. The molecule has 0 spiro atoms. The van der Waals surface area contributed by atoms with Crippen molar-refractivity contribution in [1.29, 1.82) is 0 Å². The van der Waals surface area contributed by atoms with Crippen molar-refractivity contribution in [2.75, 3.05) is 45.0 Å². The van der Waals surface area contributed by atoms with Crippen molar-refractivity contribution in [3.63, 3.8) is 0 Å². The third kappa shape index (κ3) is 5.41. The molecule has 154 valence electrons. The van der Waals surface area contributed by atoms with Gasteiger partial charge in [0, 0.05) is 5.54 Å². The van der Waals surface area contributed by atoms with Gasteiger partial charge in [-0.05, 0) is 33.3 Å². The maximum absolute atomic E-state index is 12.4. The highest BCUT2D eigenvalue weighted by Crippen LogP contribution is 2.38. The van der Waals surface area contributed by atoms with Crippen LogP contribution in [-0.2, 0) is 4.79 Å². The standard InChI is InChI=1S/C21H32N4O2S/c1-16-5-7-17(8-6-16)19-25(18(26)15-28-19)14-11-23-9-12-24(13-10-23)20(27)22-21(2,3)4/h5-8,19H,9-15H2,1-4H3,(H,22,27)/p+1/t19-/m0/s1. The number of nitrogens with one attached hydrogen (secondary N) is 2. The Bertz CT molecular complexity index is 693. The second-order valence-corrected chi connectivity index (χ2v) is 9.90. The smallest absolute Gasteiger partial charge is 0.318 e. The number of carbonyl (C=O) groups is 2. The van der Waals surface area contributed by atoms with E-state index in [4.69, 9.17) is 0 Å². The lowest BCUT2D eigenvalue weighted by atomic mass is 10.1. The predicted octanol–water partition coefficient (Wildman–Crippen LogP) is 1.28. The number of urea groups is 1. The normalized spacial score (nSPS) is 21.3. The van der Waals surface area contributed by atoms with Gasteiger partial charge in [0.1, 0.15) is 5.37 Å². The van der Waals surface area contributed by atoms with Crippen molar-refractivity contribution in [3.8, 4) is 0 Å². The highest BCUT2D eigenvalue weighted by Gasteiger charge is 2.34. The lowest BCUT2D eigenvalue weighted by molar-refractivity contribution is -0.903. The van der Waals surface area contributed by atoms with E-state index in [1.807, 2.05) is 30.6 Å². The molecule has 1 atom stereocenters. The largest absolute Gasteiger partial charge is 0.333 e. The molecule has 1 aromatic carbocycles. The Labute approximate surface area is 172 Å². The lowest BCUT2D eigenvalue weighted by Gasteiger charge is -2.35. The van der Waals surface area contributed by atoms with Gasteiger partial charge in [-0.1, -0.05) is 29.8 Å². The van der Waals surface area contributed by atoms with Gasteiger partial charge in [-0.3, -0.25) is 4.79 Å². The zero-order valence-corrected chi connectivity index (χ0v) is 18.3. The van der Waals surface area contributed by atoms with E-state index in [0.717, 1.165) is 39.3 Å². The summed E-state index contributed by atoms with van der Waals surface area (Å²) in [7, 11) is 0. The summed E-state index contributed by atoms with van der Waals surface area (Å²) in [5.74, 6) is 0.799. The van der Waals surface area contributed by atoms with Gasteiger partial charge in [-0.15, -0.1) is 11.8 Å². The maximum atomic E-state index is 12.4. The fourth-order valence-electron chi connectivity index (χ4n) is 3.66. The van der Waals surface area contributed by atoms with E-state index in [0.29, 0.717) is 5.75 Å². The second kappa shape index (κ2) is 8.74. The van der Waals surface area contributed by atoms with Crippen molar-refractivity contribution in [3.05, 3.63) is 35.4 Å². The number of rotatable bonds is 4.